The van der Waals surface area contributed by atoms with Gasteiger partial charge in [0.1, 0.15) is 5.82 Å². The molecule has 1 heterocycles. The molecule has 0 aliphatic heterocycles. The molecule has 0 aliphatic rings. The van der Waals surface area contributed by atoms with Crippen LogP contribution < -0.4 is 21.9 Å². The summed E-state index contributed by atoms with van der Waals surface area (Å²) < 4.78 is 1.34. The number of benzene rings is 2. The molecular weight excluding hydrogens is 416 g/mol. The third-order valence-electron chi connectivity index (χ3n) is 5.76. The van der Waals surface area contributed by atoms with Crippen LogP contribution in [0.5, 0.6) is 0 Å². The predicted octanol–water partition coefficient (Wildman–Crippen LogP) is 3.65. The Morgan fingerprint density at radius 1 is 0.970 bits per heavy atom. The maximum absolute atomic E-state index is 13.4. The number of carbonyl (C=O) groups excluding carboxylic acids is 1. The van der Waals surface area contributed by atoms with Crippen molar-refractivity contribution < 1.29 is 4.79 Å². The number of aryl methyl sites for hydroxylation is 2. The van der Waals surface area contributed by atoms with E-state index in [1.165, 1.54) is 15.0 Å². The standard InChI is InChI=1S/C26H32N4O3/c1-3-5-17-29-24(27)23(25(32)28-26(29)33)30(18-21-9-7-6-8-10-21)22(31)16-15-20-13-11-19(4-2)12-14-20/h6-14H,3-5,15-18,27H2,1-2H3,(H,28,32,33). The van der Waals surface area contributed by atoms with Crippen molar-refractivity contribution in [3.63, 3.8) is 0 Å². The fourth-order valence-electron chi connectivity index (χ4n) is 3.76. The Kier molecular flexibility index (Phi) is 8.24. The Morgan fingerprint density at radius 3 is 2.27 bits per heavy atom. The highest BCUT2D eigenvalue weighted by molar-refractivity contribution is 5.95. The number of nitrogen functional groups attached to an aromatic ring is 1. The summed E-state index contributed by atoms with van der Waals surface area (Å²) in [7, 11) is 0. The van der Waals surface area contributed by atoms with Crippen molar-refractivity contribution in [3.05, 3.63) is 92.1 Å². The maximum atomic E-state index is 13.4. The van der Waals surface area contributed by atoms with Crippen LogP contribution in [0.15, 0.2) is 64.2 Å². The molecule has 3 N–H and O–H groups in total. The minimum Gasteiger partial charge on any atom is -0.383 e. The highest BCUT2D eigenvalue weighted by Gasteiger charge is 2.24. The van der Waals surface area contributed by atoms with Gasteiger partial charge in [0.15, 0.2) is 5.69 Å². The van der Waals surface area contributed by atoms with Gasteiger partial charge in [0.05, 0.1) is 6.54 Å². The molecule has 0 aliphatic carbocycles. The van der Waals surface area contributed by atoms with Crippen LogP contribution in [0.25, 0.3) is 0 Å². The van der Waals surface area contributed by atoms with E-state index in [1.54, 1.807) is 0 Å². The lowest BCUT2D eigenvalue weighted by atomic mass is 10.1. The van der Waals surface area contributed by atoms with E-state index in [-0.39, 0.29) is 30.4 Å². The van der Waals surface area contributed by atoms with E-state index in [2.05, 4.69) is 24.0 Å². The second kappa shape index (κ2) is 11.3. The average molecular weight is 449 g/mol. The molecule has 0 unspecified atom stereocenters. The number of aromatic nitrogens is 2. The number of hydrogen-bond acceptors (Lipinski definition) is 4. The second-order valence-electron chi connectivity index (χ2n) is 8.13. The third-order valence-corrected chi connectivity index (χ3v) is 5.76. The van der Waals surface area contributed by atoms with Crippen molar-refractivity contribution in [3.8, 4) is 0 Å². The molecule has 7 heteroatoms. The van der Waals surface area contributed by atoms with Gasteiger partial charge in [-0.3, -0.25) is 19.1 Å². The zero-order valence-corrected chi connectivity index (χ0v) is 19.3. The molecule has 0 radical (unpaired) electrons. The van der Waals surface area contributed by atoms with Gasteiger partial charge in [0.25, 0.3) is 5.56 Å². The summed E-state index contributed by atoms with van der Waals surface area (Å²) in [5, 5.41) is 0. The number of unbranched alkanes of at least 4 members (excludes halogenated alkanes) is 1. The van der Waals surface area contributed by atoms with E-state index in [4.69, 9.17) is 5.73 Å². The Hall–Kier alpha value is -3.61. The van der Waals surface area contributed by atoms with E-state index >= 15 is 0 Å². The highest BCUT2D eigenvalue weighted by Crippen LogP contribution is 2.21. The van der Waals surface area contributed by atoms with Gasteiger partial charge in [-0.1, -0.05) is 74.9 Å². The van der Waals surface area contributed by atoms with Gasteiger partial charge < -0.3 is 10.6 Å². The summed E-state index contributed by atoms with van der Waals surface area (Å²) in [5.41, 5.74) is 8.28. The van der Waals surface area contributed by atoms with Crippen LogP contribution in [-0.2, 0) is 30.7 Å². The summed E-state index contributed by atoms with van der Waals surface area (Å²) in [4.78, 5) is 42.3. The van der Waals surface area contributed by atoms with Crippen molar-refractivity contribution >= 4 is 17.4 Å². The monoisotopic (exact) mass is 448 g/mol. The first-order valence-electron chi connectivity index (χ1n) is 11.5. The van der Waals surface area contributed by atoms with Crippen molar-refractivity contribution in [2.24, 2.45) is 0 Å². The fourth-order valence-corrected chi connectivity index (χ4v) is 3.76. The van der Waals surface area contributed by atoms with E-state index in [1.807, 2.05) is 49.4 Å². The van der Waals surface area contributed by atoms with Crippen LogP contribution in [0.2, 0.25) is 0 Å². The van der Waals surface area contributed by atoms with Crippen LogP contribution in [0, 0.1) is 0 Å². The topological polar surface area (TPSA) is 101 Å². The maximum Gasteiger partial charge on any atom is 0.330 e. The third kappa shape index (κ3) is 6.00. The molecule has 1 amide bonds. The molecule has 7 nitrogen and oxygen atoms in total. The molecular formula is C26H32N4O3. The lowest BCUT2D eigenvalue weighted by Crippen LogP contribution is -2.41. The Bertz CT molecular complexity index is 1180. The zero-order valence-electron chi connectivity index (χ0n) is 19.3. The first kappa shape index (κ1) is 24.0. The molecule has 0 saturated carbocycles. The van der Waals surface area contributed by atoms with Gasteiger partial charge in [0.2, 0.25) is 5.91 Å². The molecule has 0 spiro atoms. The molecule has 33 heavy (non-hydrogen) atoms. The van der Waals surface area contributed by atoms with Crippen molar-refractivity contribution in [1.29, 1.82) is 0 Å². The zero-order chi connectivity index (χ0) is 23.8. The van der Waals surface area contributed by atoms with Crippen LogP contribution in [0.3, 0.4) is 0 Å². The molecule has 174 valence electrons. The summed E-state index contributed by atoms with van der Waals surface area (Å²) in [6.07, 6.45) is 3.31. The van der Waals surface area contributed by atoms with E-state index < -0.39 is 11.2 Å². The van der Waals surface area contributed by atoms with Crippen molar-refractivity contribution in [1.82, 2.24) is 9.55 Å². The molecule has 2 aromatic carbocycles. The Labute approximate surface area is 193 Å². The van der Waals surface area contributed by atoms with Crippen LogP contribution in [-0.4, -0.2) is 15.5 Å². The quantitative estimate of drug-likeness (QED) is 0.494. The van der Waals surface area contributed by atoms with Gasteiger partial charge in [-0.25, -0.2) is 4.79 Å². The predicted molar refractivity (Wildman–Crippen MR) is 132 cm³/mol. The molecule has 0 saturated heterocycles. The fraction of sp³-hybridized carbons (Fsp3) is 0.346. The summed E-state index contributed by atoms with van der Waals surface area (Å²) in [5.74, 6) is -0.204. The van der Waals surface area contributed by atoms with Crippen LogP contribution in [0.1, 0.15) is 49.8 Å². The van der Waals surface area contributed by atoms with E-state index in [0.717, 1.165) is 30.4 Å². The Morgan fingerprint density at radius 2 is 1.64 bits per heavy atom. The van der Waals surface area contributed by atoms with Crippen molar-refractivity contribution in [2.45, 2.75) is 59.0 Å². The van der Waals surface area contributed by atoms with Gasteiger partial charge in [-0.05, 0) is 36.0 Å². The number of anilines is 2. The van der Waals surface area contributed by atoms with Gasteiger partial charge >= 0.3 is 5.69 Å². The van der Waals surface area contributed by atoms with Crippen LogP contribution >= 0.6 is 0 Å². The number of rotatable bonds is 10. The summed E-state index contributed by atoms with van der Waals surface area (Å²) >= 11 is 0. The lowest BCUT2D eigenvalue weighted by Gasteiger charge is -2.25. The molecule has 0 fully saturated rings. The number of nitrogens with one attached hydrogen (secondary N) is 1. The second-order valence-corrected chi connectivity index (χ2v) is 8.13. The van der Waals surface area contributed by atoms with Crippen LogP contribution in [0.4, 0.5) is 11.5 Å². The first-order valence-corrected chi connectivity index (χ1v) is 11.5. The minimum atomic E-state index is -0.651. The smallest absolute Gasteiger partial charge is 0.330 e. The number of aromatic amines is 1. The molecule has 3 rings (SSSR count). The average Bonchev–Trinajstić information content (AvgIpc) is 2.82. The minimum absolute atomic E-state index is 0.0220. The SMILES string of the molecule is CCCCn1c(N)c(N(Cc2ccccc2)C(=O)CCc2ccc(CC)cc2)c(=O)[nH]c1=O. The molecule has 1 aromatic heterocycles. The normalized spacial score (nSPS) is 10.8. The number of H-pyrrole nitrogens is 1. The molecule has 0 bridgehead atoms. The van der Waals surface area contributed by atoms with Gasteiger partial charge in [-0.2, -0.15) is 0 Å². The van der Waals surface area contributed by atoms with E-state index in [0.29, 0.717) is 13.0 Å². The van der Waals surface area contributed by atoms with E-state index in [9.17, 15) is 14.4 Å². The number of hydrogen-bond donors (Lipinski definition) is 2. The summed E-state index contributed by atoms with van der Waals surface area (Å²) in [6, 6.07) is 17.6. The van der Waals surface area contributed by atoms with Gasteiger partial charge in [0, 0.05) is 13.0 Å². The summed E-state index contributed by atoms with van der Waals surface area (Å²) in [6.45, 7) is 4.67. The largest absolute Gasteiger partial charge is 0.383 e. The molecule has 0 atom stereocenters. The lowest BCUT2D eigenvalue weighted by molar-refractivity contribution is -0.118. The van der Waals surface area contributed by atoms with Gasteiger partial charge in [-0.15, -0.1) is 0 Å². The number of nitrogens with two attached hydrogens (primary N) is 1. The highest BCUT2D eigenvalue weighted by atomic mass is 16.2. The van der Waals surface area contributed by atoms with Crippen molar-refractivity contribution in [2.75, 3.05) is 10.6 Å². The number of carbonyl (C=O) groups is 1. The molecule has 3 aromatic rings. The first-order chi connectivity index (χ1) is 15.9. The number of amides is 1. The Balaban J connectivity index is 1.94. The number of nitrogens with zero attached hydrogens (tertiary/aromatic N) is 2.